The van der Waals surface area contributed by atoms with Crippen molar-refractivity contribution in [1.82, 2.24) is 0 Å². The molecule has 0 unspecified atom stereocenters. The largest absolute Gasteiger partial charge is 0.530 e. The van der Waals surface area contributed by atoms with Crippen LogP contribution in [0.25, 0.3) is 0 Å². The standard InChI is InChI=1S/C18H21O4P/c1-12-5-13(2)7-18(6-12)22-23(19)20-10-16-8-14(3)15(4)9-17(16)11-21-23/h5-9H,10-11H2,1-4H3. The van der Waals surface area contributed by atoms with Crippen molar-refractivity contribution in [2.24, 2.45) is 0 Å². The van der Waals surface area contributed by atoms with E-state index in [1.165, 1.54) is 11.1 Å². The minimum absolute atomic E-state index is 0.221. The fourth-order valence-electron chi connectivity index (χ4n) is 2.71. The van der Waals surface area contributed by atoms with Crippen molar-refractivity contribution < 1.29 is 18.1 Å². The summed E-state index contributed by atoms with van der Waals surface area (Å²) in [5.74, 6) is 0.504. The van der Waals surface area contributed by atoms with Gasteiger partial charge in [-0.1, -0.05) is 18.2 Å². The molecule has 0 saturated heterocycles. The van der Waals surface area contributed by atoms with Gasteiger partial charge in [-0.3, -0.25) is 9.05 Å². The van der Waals surface area contributed by atoms with E-state index >= 15 is 0 Å². The molecule has 0 N–H and O–H groups in total. The van der Waals surface area contributed by atoms with E-state index in [0.29, 0.717) is 5.75 Å². The average molecular weight is 332 g/mol. The Hall–Kier alpha value is -1.61. The number of aryl methyl sites for hydroxylation is 4. The van der Waals surface area contributed by atoms with Gasteiger partial charge >= 0.3 is 7.82 Å². The summed E-state index contributed by atoms with van der Waals surface area (Å²) in [5.41, 5.74) is 6.43. The lowest BCUT2D eigenvalue weighted by atomic mass is 10.0. The Morgan fingerprint density at radius 2 is 1.30 bits per heavy atom. The van der Waals surface area contributed by atoms with Gasteiger partial charge in [0.1, 0.15) is 5.75 Å². The Labute approximate surface area is 137 Å². The van der Waals surface area contributed by atoms with E-state index in [-0.39, 0.29) is 13.2 Å². The molecule has 0 spiro atoms. The zero-order chi connectivity index (χ0) is 16.6. The highest BCUT2D eigenvalue weighted by Gasteiger charge is 2.32. The molecule has 4 nitrogen and oxygen atoms in total. The molecule has 1 aliphatic rings. The molecule has 5 heteroatoms. The van der Waals surface area contributed by atoms with Crippen LogP contribution in [0.5, 0.6) is 5.75 Å². The topological polar surface area (TPSA) is 44.8 Å². The molecule has 23 heavy (non-hydrogen) atoms. The minimum atomic E-state index is -3.63. The number of phosphoric acid groups is 1. The van der Waals surface area contributed by atoms with Crippen molar-refractivity contribution in [3.05, 3.63) is 63.7 Å². The van der Waals surface area contributed by atoms with Crippen LogP contribution in [0, 0.1) is 27.7 Å². The number of hydrogen-bond donors (Lipinski definition) is 0. The van der Waals surface area contributed by atoms with Gasteiger partial charge in [0, 0.05) is 0 Å². The van der Waals surface area contributed by atoms with E-state index in [0.717, 1.165) is 22.3 Å². The fraction of sp³-hybridized carbons (Fsp3) is 0.333. The van der Waals surface area contributed by atoms with E-state index < -0.39 is 7.82 Å². The van der Waals surface area contributed by atoms with Gasteiger partial charge in [0.15, 0.2) is 0 Å². The van der Waals surface area contributed by atoms with Gasteiger partial charge in [0.05, 0.1) is 13.2 Å². The Kier molecular flexibility index (Phi) is 4.33. The third-order valence-electron chi connectivity index (χ3n) is 3.98. The normalized spacial score (nSPS) is 16.5. The van der Waals surface area contributed by atoms with Crippen LogP contribution in [0.2, 0.25) is 0 Å². The quantitative estimate of drug-likeness (QED) is 0.713. The molecule has 3 rings (SSSR count). The molecule has 0 aliphatic carbocycles. The van der Waals surface area contributed by atoms with Gasteiger partial charge in [-0.2, -0.15) is 0 Å². The van der Waals surface area contributed by atoms with Crippen LogP contribution in [0.3, 0.4) is 0 Å². The first-order chi connectivity index (χ1) is 10.8. The minimum Gasteiger partial charge on any atom is -0.404 e. The third-order valence-corrected chi connectivity index (χ3v) is 5.31. The number of fused-ring (bicyclic) bond motifs is 1. The highest BCUT2D eigenvalue weighted by atomic mass is 31.2. The van der Waals surface area contributed by atoms with E-state index in [4.69, 9.17) is 13.6 Å². The molecule has 122 valence electrons. The third kappa shape index (κ3) is 3.66. The molecule has 0 bridgehead atoms. The smallest absolute Gasteiger partial charge is 0.404 e. The lowest BCUT2D eigenvalue weighted by Gasteiger charge is -2.16. The maximum Gasteiger partial charge on any atom is 0.530 e. The first-order valence-electron chi connectivity index (χ1n) is 7.61. The van der Waals surface area contributed by atoms with Gasteiger partial charge in [-0.25, -0.2) is 4.57 Å². The maximum absolute atomic E-state index is 12.8. The van der Waals surface area contributed by atoms with Crippen molar-refractivity contribution >= 4 is 7.82 Å². The summed E-state index contributed by atoms with van der Waals surface area (Å²) in [6, 6.07) is 9.79. The first-order valence-corrected chi connectivity index (χ1v) is 9.07. The molecular formula is C18H21O4P. The summed E-state index contributed by atoms with van der Waals surface area (Å²) in [4.78, 5) is 0. The van der Waals surface area contributed by atoms with Crippen molar-refractivity contribution in [3.63, 3.8) is 0 Å². The van der Waals surface area contributed by atoms with E-state index in [2.05, 4.69) is 12.1 Å². The number of phosphoric ester groups is 1. The Morgan fingerprint density at radius 1 is 0.826 bits per heavy atom. The molecule has 0 amide bonds. The van der Waals surface area contributed by atoms with Gasteiger partial charge in [-0.15, -0.1) is 0 Å². The Balaban J connectivity index is 1.83. The molecule has 0 saturated carbocycles. The molecule has 0 atom stereocenters. The first kappa shape index (κ1) is 16.3. The van der Waals surface area contributed by atoms with E-state index in [9.17, 15) is 4.57 Å². The summed E-state index contributed by atoms with van der Waals surface area (Å²) in [6.45, 7) is 8.47. The zero-order valence-electron chi connectivity index (χ0n) is 13.9. The molecule has 0 radical (unpaired) electrons. The molecule has 0 fully saturated rings. The fourth-order valence-corrected chi connectivity index (χ4v) is 3.84. The van der Waals surface area contributed by atoms with Gasteiger partial charge < -0.3 is 4.52 Å². The Morgan fingerprint density at radius 3 is 1.78 bits per heavy atom. The van der Waals surface area contributed by atoms with Crippen LogP contribution >= 0.6 is 7.82 Å². The van der Waals surface area contributed by atoms with Crippen LogP contribution in [0.1, 0.15) is 33.4 Å². The number of benzene rings is 2. The van der Waals surface area contributed by atoms with Gasteiger partial charge in [0.25, 0.3) is 0 Å². The lowest BCUT2D eigenvalue weighted by Crippen LogP contribution is -1.99. The van der Waals surface area contributed by atoms with Gasteiger partial charge in [0.2, 0.25) is 0 Å². The predicted octanol–water partition coefficient (Wildman–Crippen LogP) is 5.15. The zero-order valence-corrected chi connectivity index (χ0v) is 14.8. The summed E-state index contributed by atoms with van der Waals surface area (Å²) >= 11 is 0. The molecule has 2 aromatic carbocycles. The van der Waals surface area contributed by atoms with E-state index in [1.54, 1.807) is 0 Å². The van der Waals surface area contributed by atoms with Crippen molar-refractivity contribution in [1.29, 1.82) is 0 Å². The Bertz CT molecular complexity index is 741. The van der Waals surface area contributed by atoms with Crippen LogP contribution in [0.15, 0.2) is 30.3 Å². The van der Waals surface area contributed by atoms with E-state index in [1.807, 2.05) is 45.9 Å². The van der Waals surface area contributed by atoms with Gasteiger partial charge in [-0.05, 0) is 73.2 Å². The second-order valence-corrected chi connectivity index (χ2v) is 7.71. The molecule has 1 heterocycles. The monoisotopic (exact) mass is 332 g/mol. The van der Waals surface area contributed by atoms with Crippen LogP contribution in [-0.4, -0.2) is 0 Å². The highest BCUT2D eigenvalue weighted by Crippen LogP contribution is 2.52. The maximum atomic E-state index is 12.8. The predicted molar refractivity (Wildman–Crippen MR) is 89.6 cm³/mol. The summed E-state index contributed by atoms with van der Waals surface area (Å²) in [6.07, 6.45) is 0. The second-order valence-electron chi connectivity index (χ2n) is 6.11. The van der Waals surface area contributed by atoms with Crippen LogP contribution in [-0.2, 0) is 26.8 Å². The summed E-state index contributed by atoms with van der Waals surface area (Å²) in [7, 11) is -3.63. The highest BCUT2D eigenvalue weighted by molar-refractivity contribution is 7.48. The lowest BCUT2D eigenvalue weighted by molar-refractivity contribution is 0.155. The molecular weight excluding hydrogens is 311 g/mol. The number of hydrogen-bond acceptors (Lipinski definition) is 4. The molecule has 1 aliphatic heterocycles. The number of rotatable bonds is 2. The van der Waals surface area contributed by atoms with Crippen molar-refractivity contribution in [3.8, 4) is 5.75 Å². The average Bonchev–Trinajstić information content (AvgIpc) is 2.59. The second kappa shape index (κ2) is 6.12. The SMILES string of the molecule is Cc1cc(C)cc(OP2(=O)OCc3cc(C)c(C)cc3CO2)c1. The summed E-state index contributed by atoms with van der Waals surface area (Å²) < 4.78 is 29.4. The molecule has 0 aromatic heterocycles. The van der Waals surface area contributed by atoms with Crippen LogP contribution < -0.4 is 4.52 Å². The van der Waals surface area contributed by atoms with Crippen molar-refractivity contribution in [2.75, 3.05) is 0 Å². The van der Waals surface area contributed by atoms with Crippen molar-refractivity contribution in [2.45, 2.75) is 40.9 Å². The summed E-state index contributed by atoms with van der Waals surface area (Å²) in [5, 5.41) is 0. The molecule has 2 aromatic rings. The van der Waals surface area contributed by atoms with Crippen LogP contribution in [0.4, 0.5) is 0 Å².